The second-order valence-electron chi connectivity index (χ2n) is 6.93. The van der Waals surface area contributed by atoms with E-state index in [1.165, 1.54) is 44.9 Å². The number of hydrogen-bond acceptors (Lipinski definition) is 1. The van der Waals surface area contributed by atoms with Crippen LogP contribution in [0.4, 0.5) is 0 Å². The summed E-state index contributed by atoms with van der Waals surface area (Å²) in [5, 5.41) is 0. The molecule has 170 valence electrons. The summed E-state index contributed by atoms with van der Waals surface area (Å²) in [6.45, 7) is 25.9. The van der Waals surface area contributed by atoms with E-state index in [9.17, 15) is 0 Å². The predicted molar refractivity (Wildman–Crippen MR) is 132 cm³/mol. The molecule has 0 heterocycles. The molecule has 0 bridgehead atoms. The highest BCUT2D eigenvalue weighted by atomic mass is 16.5. The monoisotopic (exact) mass is 380 g/mol. The normalized spacial score (nSPS) is 8.77. The van der Waals surface area contributed by atoms with E-state index in [1.54, 1.807) is 0 Å². The number of ether oxygens (including phenoxy) is 1. The fourth-order valence-corrected chi connectivity index (χ4v) is 1.10. The van der Waals surface area contributed by atoms with Crippen LogP contribution in [0, 0.1) is 11.3 Å². The molecule has 0 rings (SSSR count). The van der Waals surface area contributed by atoms with Crippen LogP contribution < -0.4 is 0 Å². The number of hydrogen-bond donors (Lipinski definition) is 0. The summed E-state index contributed by atoms with van der Waals surface area (Å²) in [6, 6.07) is 0. The summed E-state index contributed by atoms with van der Waals surface area (Å²) in [5.74, 6) is 0.935. The van der Waals surface area contributed by atoms with E-state index < -0.39 is 0 Å². The standard InChI is InChI=1S/C7H16.C6H14.C5H12.C4H10O.3CH4/c1-5-7(3,4)6-2;1-4-6(3)5-2;2*1-3-5-4-2;;;/h5-6H2,1-4H3;6H,4-5H2,1-3H3;3-5H2,1-2H3;3-4H2,1-2H3;3*1H4. The zero-order chi connectivity index (χ0) is 19.1. The SMILES string of the molecule is C.C.C.CCC(C)(C)CC.CCC(C)CC.CCCCC.CCOCC. The molecular formula is C25H64O. The Morgan fingerprint density at radius 1 is 0.654 bits per heavy atom. The van der Waals surface area contributed by atoms with Crippen LogP contribution in [-0.2, 0) is 4.74 Å². The molecule has 0 aromatic rings. The Balaban J connectivity index is -0.0000000360. The van der Waals surface area contributed by atoms with E-state index in [4.69, 9.17) is 4.74 Å². The molecule has 0 unspecified atom stereocenters. The van der Waals surface area contributed by atoms with Crippen LogP contribution >= 0.6 is 0 Å². The summed E-state index contributed by atoms with van der Waals surface area (Å²) in [5.41, 5.74) is 0.583. The maximum Gasteiger partial charge on any atom is 0.0437 e. The molecule has 0 aliphatic heterocycles. The topological polar surface area (TPSA) is 9.23 Å². The largest absolute Gasteiger partial charge is 0.382 e. The summed E-state index contributed by atoms with van der Waals surface area (Å²) in [7, 11) is 0. The van der Waals surface area contributed by atoms with Crippen molar-refractivity contribution in [1.82, 2.24) is 0 Å². The average Bonchev–Trinajstić information content (AvgIpc) is 2.57. The third kappa shape index (κ3) is 64.8. The van der Waals surface area contributed by atoms with Crippen LogP contribution in [0.5, 0.6) is 0 Å². The summed E-state index contributed by atoms with van der Waals surface area (Å²) in [6.07, 6.45) is 9.33. The Morgan fingerprint density at radius 3 is 0.962 bits per heavy atom. The first-order chi connectivity index (χ1) is 10.8. The first-order valence-electron chi connectivity index (χ1n) is 10.3. The first-order valence-corrected chi connectivity index (χ1v) is 10.3. The van der Waals surface area contributed by atoms with Gasteiger partial charge in [0.25, 0.3) is 0 Å². The first kappa shape index (κ1) is 45.0. The Morgan fingerprint density at radius 2 is 0.962 bits per heavy atom. The van der Waals surface area contributed by atoms with Gasteiger partial charge in [0.1, 0.15) is 0 Å². The van der Waals surface area contributed by atoms with Crippen molar-refractivity contribution in [1.29, 1.82) is 0 Å². The van der Waals surface area contributed by atoms with E-state index >= 15 is 0 Å². The summed E-state index contributed by atoms with van der Waals surface area (Å²) in [4.78, 5) is 0. The lowest BCUT2D eigenvalue weighted by molar-refractivity contribution is 0.162. The maximum absolute atomic E-state index is 4.83. The van der Waals surface area contributed by atoms with Crippen molar-refractivity contribution in [2.24, 2.45) is 11.3 Å². The van der Waals surface area contributed by atoms with Gasteiger partial charge in [-0.15, -0.1) is 0 Å². The highest BCUT2D eigenvalue weighted by Crippen LogP contribution is 2.22. The van der Waals surface area contributed by atoms with Gasteiger partial charge in [-0.2, -0.15) is 0 Å². The minimum absolute atomic E-state index is 0. The highest BCUT2D eigenvalue weighted by Gasteiger charge is 2.09. The van der Waals surface area contributed by atoms with E-state index in [-0.39, 0.29) is 22.3 Å². The summed E-state index contributed by atoms with van der Waals surface area (Å²) >= 11 is 0. The van der Waals surface area contributed by atoms with E-state index in [0.717, 1.165) is 19.1 Å². The van der Waals surface area contributed by atoms with Crippen molar-refractivity contribution in [2.45, 2.75) is 143 Å². The lowest BCUT2D eigenvalue weighted by Crippen LogP contribution is -2.05. The van der Waals surface area contributed by atoms with Gasteiger partial charge in [-0.05, 0) is 25.2 Å². The van der Waals surface area contributed by atoms with Crippen LogP contribution in [0.15, 0.2) is 0 Å². The van der Waals surface area contributed by atoms with Gasteiger partial charge in [-0.3, -0.25) is 0 Å². The van der Waals surface area contributed by atoms with Gasteiger partial charge in [0.2, 0.25) is 0 Å². The molecule has 0 radical (unpaired) electrons. The lowest BCUT2D eigenvalue weighted by Gasteiger charge is -2.18. The Labute approximate surface area is 173 Å². The zero-order valence-electron chi connectivity index (χ0n) is 18.8. The molecular weight excluding hydrogens is 316 g/mol. The zero-order valence-corrected chi connectivity index (χ0v) is 18.8. The van der Waals surface area contributed by atoms with Gasteiger partial charge in [0.15, 0.2) is 0 Å². The fourth-order valence-electron chi connectivity index (χ4n) is 1.10. The fraction of sp³-hybridized carbons (Fsp3) is 1.00. The van der Waals surface area contributed by atoms with Crippen molar-refractivity contribution in [3.63, 3.8) is 0 Å². The molecule has 0 aromatic heterocycles. The molecule has 0 aromatic carbocycles. The van der Waals surface area contributed by atoms with Crippen molar-refractivity contribution in [3.8, 4) is 0 Å². The third-order valence-electron chi connectivity index (χ3n) is 4.42. The molecule has 0 aliphatic rings. The smallest absolute Gasteiger partial charge is 0.0437 e. The predicted octanol–water partition coefficient (Wildman–Crippen LogP) is 10.4. The second kappa shape index (κ2) is 39.9. The van der Waals surface area contributed by atoms with Gasteiger partial charge in [0.05, 0.1) is 0 Å². The number of rotatable bonds is 8. The van der Waals surface area contributed by atoms with Crippen LogP contribution in [0.2, 0.25) is 0 Å². The van der Waals surface area contributed by atoms with Crippen LogP contribution in [0.3, 0.4) is 0 Å². The van der Waals surface area contributed by atoms with Crippen LogP contribution in [0.25, 0.3) is 0 Å². The van der Waals surface area contributed by atoms with Gasteiger partial charge in [-0.25, -0.2) is 0 Å². The van der Waals surface area contributed by atoms with Gasteiger partial charge in [-0.1, -0.05) is 130 Å². The van der Waals surface area contributed by atoms with E-state index in [0.29, 0.717) is 5.41 Å². The molecule has 0 saturated carbocycles. The molecule has 1 nitrogen and oxygen atoms in total. The van der Waals surface area contributed by atoms with E-state index in [1.807, 2.05) is 13.8 Å². The minimum atomic E-state index is 0. The second-order valence-corrected chi connectivity index (χ2v) is 6.93. The van der Waals surface area contributed by atoms with E-state index in [2.05, 4.69) is 62.3 Å². The van der Waals surface area contributed by atoms with Crippen molar-refractivity contribution < 1.29 is 4.74 Å². The Bertz CT molecular complexity index is 144. The van der Waals surface area contributed by atoms with Crippen LogP contribution in [-0.4, -0.2) is 13.2 Å². The van der Waals surface area contributed by atoms with Crippen molar-refractivity contribution in [3.05, 3.63) is 0 Å². The third-order valence-corrected chi connectivity index (χ3v) is 4.42. The molecule has 0 spiro atoms. The molecule has 0 atom stereocenters. The Kier molecular flexibility index (Phi) is 69.0. The minimum Gasteiger partial charge on any atom is -0.382 e. The van der Waals surface area contributed by atoms with Gasteiger partial charge < -0.3 is 4.74 Å². The molecule has 26 heavy (non-hydrogen) atoms. The van der Waals surface area contributed by atoms with Crippen LogP contribution in [0.1, 0.15) is 143 Å². The molecule has 0 saturated heterocycles. The molecule has 0 N–H and O–H groups in total. The molecule has 0 fully saturated rings. The number of unbranched alkanes of at least 4 members (excludes halogenated alkanes) is 2. The molecule has 0 aliphatic carbocycles. The molecule has 0 amide bonds. The lowest BCUT2D eigenvalue weighted by atomic mass is 9.88. The molecule has 1 heteroatoms. The maximum atomic E-state index is 4.83. The average molecular weight is 381 g/mol. The Hall–Kier alpha value is -0.0400. The quantitative estimate of drug-likeness (QED) is 0.406. The van der Waals surface area contributed by atoms with Gasteiger partial charge >= 0.3 is 0 Å². The summed E-state index contributed by atoms with van der Waals surface area (Å²) < 4.78 is 4.83. The van der Waals surface area contributed by atoms with Crippen molar-refractivity contribution >= 4 is 0 Å². The highest BCUT2D eigenvalue weighted by molar-refractivity contribution is 4.61. The van der Waals surface area contributed by atoms with Crippen molar-refractivity contribution in [2.75, 3.05) is 13.2 Å². The van der Waals surface area contributed by atoms with Gasteiger partial charge in [0, 0.05) is 13.2 Å².